The van der Waals surface area contributed by atoms with Gasteiger partial charge < -0.3 is 10.5 Å². The maximum absolute atomic E-state index is 12.0. The number of nitrogens with two attached hydrogens (primary N) is 1. The van der Waals surface area contributed by atoms with Gasteiger partial charge >= 0.3 is 0 Å². The van der Waals surface area contributed by atoms with Crippen LogP contribution in [0.25, 0.3) is 0 Å². The number of ether oxygens (including phenoxy) is 1. The van der Waals surface area contributed by atoms with E-state index in [1.54, 1.807) is 0 Å². The van der Waals surface area contributed by atoms with Crippen molar-refractivity contribution in [3.63, 3.8) is 0 Å². The first kappa shape index (κ1) is 9.16. The fraction of sp³-hybridized carbons (Fsp3) is 0.900. The Morgan fingerprint density at radius 2 is 2.08 bits per heavy atom. The Kier molecular flexibility index (Phi) is 2.39. The molecule has 0 aromatic heterocycles. The van der Waals surface area contributed by atoms with E-state index >= 15 is 0 Å². The molecule has 0 bridgehead atoms. The Hall–Kier alpha value is -0.410. The first-order valence-electron chi connectivity index (χ1n) is 5.13. The van der Waals surface area contributed by atoms with Crippen molar-refractivity contribution in [3.8, 4) is 0 Å². The summed E-state index contributed by atoms with van der Waals surface area (Å²) in [6.45, 7) is 1.32. The summed E-state index contributed by atoms with van der Waals surface area (Å²) < 4.78 is 5.21. The van der Waals surface area contributed by atoms with Crippen molar-refractivity contribution in [2.24, 2.45) is 11.7 Å². The maximum Gasteiger partial charge on any atom is 0.158 e. The summed E-state index contributed by atoms with van der Waals surface area (Å²) >= 11 is 0. The van der Waals surface area contributed by atoms with Crippen molar-refractivity contribution < 1.29 is 9.53 Å². The van der Waals surface area contributed by atoms with E-state index in [1.165, 1.54) is 0 Å². The van der Waals surface area contributed by atoms with Crippen LogP contribution in [0.1, 0.15) is 32.1 Å². The van der Waals surface area contributed by atoms with Crippen molar-refractivity contribution >= 4 is 5.78 Å². The quantitative estimate of drug-likeness (QED) is 0.691. The molecule has 1 aliphatic carbocycles. The predicted octanol–water partition coefficient (Wildman–Crippen LogP) is 0.863. The lowest BCUT2D eigenvalue weighted by atomic mass is 9.85. The molecule has 1 heterocycles. The highest BCUT2D eigenvalue weighted by atomic mass is 16.5. The Bertz CT molecular complexity index is 203. The molecule has 1 saturated heterocycles. The highest BCUT2D eigenvalue weighted by Crippen LogP contribution is 2.32. The van der Waals surface area contributed by atoms with Gasteiger partial charge in [0.1, 0.15) is 0 Å². The molecule has 0 radical (unpaired) electrons. The van der Waals surface area contributed by atoms with E-state index in [0.29, 0.717) is 6.61 Å². The molecule has 2 aliphatic rings. The van der Waals surface area contributed by atoms with E-state index in [1.807, 2.05) is 0 Å². The normalized spacial score (nSPS) is 32.2. The molecule has 1 aliphatic heterocycles. The van der Waals surface area contributed by atoms with Crippen LogP contribution in [0.5, 0.6) is 0 Å². The Morgan fingerprint density at radius 3 is 2.62 bits per heavy atom. The highest BCUT2D eigenvalue weighted by Gasteiger charge is 2.41. The van der Waals surface area contributed by atoms with Crippen LogP contribution in [0.2, 0.25) is 0 Å². The third kappa shape index (κ3) is 1.63. The van der Waals surface area contributed by atoms with Gasteiger partial charge in [-0.1, -0.05) is 12.8 Å². The van der Waals surface area contributed by atoms with Gasteiger partial charge in [0.15, 0.2) is 5.78 Å². The first-order chi connectivity index (χ1) is 6.22. The van der Waals surface area contributed by atoms with Gasteiger partial charge in [-0.25, -0.2) is 0 Å². The number of carbonyl (C=O) groups is 1. The van der Waals surface area contributed by atoms with E-state index in [9.17, 15) is 4.79 Å². The minimum Gasteiger partial charge on any atom is -0.381 e. The van der Waals surface area contributed by atoms with E-state index in [-0.39, 0.29) is 11.7 Å². The molecule has 3 heteroatoms. The molecule has 1 unspecified atom stereocenters. The van der Waals surface area contributed by atoms with Gasteiger partial charge in [-0.05, 0) is 19.3 Å². The van der Waals surface area contributed by atoms with Gasteiger partial charge in [0.05, 0.1) is 12.1 Å². The Morgan fingerprint density at radius 1 is 1.38 bits per heavy atom. The highest BCUT2D eigenvalue weighted by molar-refractivity contribution is 5.90. The molecular weight excluding hydrogens is 166 g/mol. The van der Waals surface area contributed by atoms with Crippen molar-refractivity contribution in [1.82, 2.24) is 0 Å². The molecule has 3 nitrogen and oxygen atoms in total. The fourth-order valence-corrected chi connectivity index (χ4v) is 2.40. The molecular formula is C10H17NO2. The van der Waals surface area contributed by atoms with Crippen molar-refractivity contribution in [3.05, 3.63) is 0 Å². The van der Waals surface area contributed by atoms with Gasteiger partial charge in [0, 0.05) is 12.5 Å². The van der Waals surface area contributed by atoms with E-state index in [4.69, 9.17) is 10.5 Å². The van der Waals surface area contributed by atoms with Crippen LogP contribution in [-0.2, 0) is 9.53 Å². The standard InChI is InChI=1S/C10H17NO2/c11-10(4-1-2-5-10)9(12)8-3-6-13-7-8/h8H,1-7,11H2. The lowest BCUT2D eigenvalue weighted by Crippen LogP contribution is -2.48. The minimum absolute atomic E-state index is 0.0862. The van der Waals surface area contributed by atoms with Gasteiger partial charge in [0.25, 0.3) is 0 Å². The summed E-state index contributed by atoms with van der Waals surface area (Å²) in [6.07, 6.45) is 4.84. The monoisotopic (exact) mass is 183 g/mol. The molecule has 0 aromatic carbocycles. The molecule has 1 saturated carbocycles. The summed E-state index contributed by atoms with van der Waals surface area (Å²) in [5, 5.41) is 0. The fourth-order valence-electron chi connectivity index (χ4n) is 2.40. The van der Waals surface area contributed by atoms with Crippen LogP contribution in [-0.4, -0.2) is 24.5 Å². The molecule has 0 amide bonds. The zero-order chi connectivity index (χ0) is 9.31. The van der Waals surface area contributed by atoms with E-state index in [0.717, 1.165) is 38.7 Å². The average Bonchev–Trinajstić information content (AvgIpc) is 2.73. The van der Waals surface area contributed by atoms with Gasteiger partial charge in [-0.15, -0.1) is 0 Å². The van der Waals surface area contributed by atoms with Crippen LogP contribution in [0.4, 0.5) is 0 Å². The smallest absolute Gasteiger partial charge is 0.158 e. The topological polar surface area (TPSA) is 52.3 Å². The largest absolute Gasteiger partial charge is 0.381 e. The zero-order valence-corrected chi connectivity index (χ0v) is 7.92. The number of carbonyl (C=O) groups excluding carboxylic acids is 1. The van der Waals surface area contributed by atoms with E-state index in [2.05, 4.69) is 0 Å². The Balaban J connectivity index is 2.02. The SMILES string of the molecule is NC1(C(=O)C2CCOC2)CCCC1. The molecule has 2 N–H and O–H groups in total. The molecule has 0 spiro atoms. The number of ketones is 1. The van der Waals surface area contributed by atoms with Crippen molar-refractivity contribution in [2.45, 2.75) is 37.6 Å². The summed E-state index contributed by atoms with van der Waals surface area (Å²) in [4.78, 5) is 12.0. The number of hydrogen-bond donors (Lipinski definition) is 1. The van der Waals surface area contributed by atoms with Crippen LogP contribution in [0.15, 0.2) is 0 Å². The second kappa shape index (κ2) is 3.39. The average molecular weight is 183 g/mol. The second-order valence-electron chi connectivity index (χ2n) is 4.29. The summed E-state index contributed by atoms with van der Waals surface area (Å²) in [6, 6.07) is 0. The first-order valence-corrected chi connectivity index (χ1v) is 5.13. The number of hydrogen-bond acceptors (Lipinski definition) is 3. The Labute approximate surface area is 78.6 Å². The lowest BCUT2D eigenvalue weighted by molar-refractivity contribution is -0.128. The third-order valence-corrected chi connectivity index (χ3v) is 3.29. The molecule has 13 heavy (non-hydrogen) atoms. The molecule has 74 valence electrons. The van der Waals surface area contributed by atoms with Crippen molar-refractivity contribution in [2.75, 3.05) is 13.2 Å². The van der Waals surface area contributed by atoms with Crippen LogP contribution in [0.3, 0.4) is 0 Å². The van der Waals surface area contributed by atoms with Gasteiger partial charge in [-0.2, -0.15) is 0 Å². The molecule has 1 atom stereocenters. The molecule has 2 rings (SSSR count). The summed E-state index contributed by atoms with van der Waals surface area (Å²) in [5.74, 6) is 0.339. The number of rotatable bonds is 2. The zero-order valence-electron chi connectivity index (χ0n) is 7.92. The second-order valence-corrected chi connectivity index (χ2v) is 4.29. The molecule has 2 fully saturated rings. The van der Waals surface area contributed by atoms with Crippen LogP contribution < -0.4 is 5.73 Å². The number of Topliss-reactive ketones (excluding diaryl/α,β-unsaturated/α-hetero) is 1. The van der Waals surface area contributed by atoms with Gasteiger partial charge in [0.2, 0.25) is 0 Å². The van der Waals surface area contributed by atoms with Crippen LogP contribution >= 0.6 is 0 Å². The summed E-state index contributed by atoms with van der Waals surface area (Å²) in [5.41, 5.74) is 5.58. The van der Waals surface area contributed by atoms with Crippen LogP contribution in [0, 0.1) is 5.92 Å². The maximum atomic E-state index is 12.0. The summed E-state index contributed by atoms with van der Waals surface area (Å²) in [7, 11) is 0. The van der Waals surface area contributed by atoms with Gasteiger partial charge in [-0.3, -0.25) is 4.79 Å². The minimum atomic E-state index is -0.502. The lowest BCUT2D eigenvalue weighted by Gasteiger charge is -2.24. The van der Waals surface area contributed by atoms with Crippen molar-refractivity contribution in [1.29, 1.82) is 0 Å². The van der Waals surface area contributed by atoms with E-state index < -0.39 is 5.54 Å². The third-order valence-electron chi connectivity index (χ3n) is 3.29. The predicted molar refractivity (Wildman–Crippen MR) is 49.3 cm³/mol. The molecule has 0 aromatic rings.